The number of aliphatic hydroxyl groups excluding tert-OH is 1. The number of hydrogen-bond donors (Lipinski definition) is 2. The SMILES string of the molecule is CCN(CC)CC(CCO)c1ccccc1.c1c[nH]nn1. The minimum atomic E-state index is 0.265. The van der Waals surface area contributed by atoms with Gasteiger partial charge < -0.3 is 10.0 Å². The van der Waals surface area contributed by atoms with E-state index in [1.807, 2.05) is 6.07 Å². The average Bonchev–Trinajstić information content (AvgIpc) is 3.12. The van der Waals surface area contributed by atoms with Crippen molar-refractivity contribution in [3.63, 3.8) is 0 Å². The molecular formula is C16H26N4O. The van der Waals surface area contributed by atoms with Crippen LogP contribution in [0.1, 0.15) is 31.7 Å². The summed E-state index contributed by atoms with van der Waals surface area (Å²) < 4.78 is 0. The molecule has 0 bridgehead atoms. The van der Waals surface area contributed by atoms with Gasteiger partial charge in [-0.05, 0) is 31.0 Å². The van der Waals surface area contributed by atoms with Crippen LogP contribution in [0.3, 0.4) is 0 Å². The molecule has 0 amide bonds. The minimum Gasteiger partial charge on any atom is -0.396 e. The second-order valence-corrected chi connectivity index (χ2v) is 4.77. The summed E-state index contributed by atoms with van der Waals surface area (Å²) in [7, 11) is 0. The van der Waals surface area contributed by atoms with E-state index in [-0.39, 0.29) is 6.61 Å². The average molecular weight is 290 g/mol. The van der Waals surface area contributed by atoms with Gasteiger partial charge in [0.15, 0.2) is 0 Å². The first-order chi connectivity index (χ1) is 10.3. The summed E-state index contributed by atoms with van der Waals surface area (Å²) >= 11 is 0. The van der Waals surface area contributed by atoms with Gasteiger partial charge in [0, 0.05) is 19.3 Å². The number of H-pyrrole nitrogens is 1. The third-order valence-electron chi connectivity index (χ3n) is 3.45. The Bertz CT molecular complexity index is 412. The molecule has 1 unspecified atom stereocenters. The second-order valence-electron chi connectivity index (χ2n) is 4.77. The van der Waals surface area contributed by atoms with Crippen molar-refractivity contribution in [2.75, 3.05) is 26.2 Å². The third kappa shape index (κ3) is 7.02. The predicted molar refractivity (Wildman–Crippen MR) is 85.1 cm³/mol. The van der Waals surface area contributed by atoms with Crippen LogP contribution in [0.2, 0.25) is 0 Å². The molecule has 2 N–H and O–H groups in total. The molecule has 0 saturated heterocycles. The van der Waals surface area contributed by atoms with Gasteiger partial charge >= 0.3 is 0 Å². The quantitative estimate of drug-likeness (QED) is 0.821. The number of nitrogens with zero attached hydrogens (tertiary/aromatic N) is 3. The molecule has 116 valence electrons. The fraction of sp³-hybridized carbons (Fsp3) is 0.500. The molecule has 0 aliphatic rings. The smallest absolute Gasteiger partial charge is 0.0690 e. The Morgan fingerprint density at radius 3 is 2.33 bits per heavy atom. The van der Waals surface area contributed by atoms with Crippen LogP contribution >= 0.6 is 0 Å². The molecule has 2 aromatic rings. The number of rotatable bonds is 7. The highest BCUT2D eigenvalue weighted by Crippen LogP contribution is 2.20. The molecule has 0 fully saturated rings. The Hall–Kier alpha value is -1.72. The molecule has 5 heteroatoms. The number of aromatic nitrogens is 3. The molecule has 0 saturated carbocycles. The van der Waals surface area contributed by atoms with Gasteiger partial charge in [0.25, 0.3) is 0 Å². The van der Waals surface area contributed by atoms with E-state index in [0.29, 0.717) is 5.92 Å². The molecule has 0 aliphatic heterocycles. The highest BCUT2D eigenvalue weighted by Gasteiger charge is 2.13. The van der Waals surface area contributed by atoms with E-state index in [9.17, 15) is 0 Å². The lowest BCUT2D eigenvalue weighted by Crippen LogP contribution is -2.28. The van der Waals surface area contributed by atoms with E-state index in [4.69, 9.17) is 5.11 Å². The maximum absolute atomic E-state index is 9.14. The van der Waals surface area contributed by atoms with Crippen molar-refractivity contribution in [1.29, 1.82) is 0 Å². The maximum Gasteiger partial charge on any atom is 0.0690 e. The monoisotopic (exact) mass is 290 g/mol. The first-order valence-corrected chi connectivity index (χ1v) is 7.50. The molecule has 0 spiro atoms. The Morgan fingerprint density at radius 2 is 1.90 bits per heavy atom. The number of benzene rings is 1. The number of aliphatic hydroxyl groups is 1. The largest absolute Gasteiger partial charge is 0.396 e. The lowest BCUT2D eigenvalue weighted by molar-refractivity contribution is 0.235. The zero-order valence-corrected chi connectivity index (χ0v) is 12.9. The van der Waals surface area contributed by atoms with Crippen molar-refractivity contribution < 1.29 is 5.11 Å². The standard InChI is InChI=1S/C14H23NO.C2H3N3/c1-3-15(4-2)12-14(10-11-16)13-8-6-5-7-9-13;1-2-4-5-3-1/h5-9,14,16H,3-4,10-12H2,1-2H3;1-2H,(H,3,4,5). The molecule has 1 aromatic heterocycles. The number of hydrogen-bond acceptors (Lipinski definition) is 4. The van der Waals surface area contributed by atoms with Crippen LogP contribution in [0.5, 0.6) is 0 Å². The van der Waals surface area contributed by atoms with Crippen molar-refractivity contribution in [1.82, 2.24) is 20.3 Å². The van der Waals surface area contributed by atoms with Crippen molar-refractivity contribution >= 4 is 0 Å². The molecule has 0 radical (unpaired) electrons. The van der Waals surface area contributed by atoms with Gasteiger partial charge in [0.05, 0.1) is 6.20 Å². The van der Waals surface area contributed by atoms with Crippen molar-refractivity contribution in [2.45, 2.75) is 26.2 Å². The summed E-state index contributed by atoms with van der Waals surface area (Å²) in [5.74, 6) is 0.450. The molecule has 1 aromatic carbocycles. The third-order valence-corrected chi connectivity index (χ3v) is 3.45. The highest BCUT2D eigenvalue weighted by molar-refractivity contribution is 5.19. The van der Waals surface area contributed by atoms with E-state index < -0.39 is 0 Å². The molecule has 2 rings (SSSR count). The van der Waals surface area contributed by atoms with Crippen LogP contribution in [0.4, 0.5) is 0 Å². The van der Waals surface area contributed by atoms with Gasteiger partial charge in [0.2, 0.25) is 0 Å². The van der Waals surface area contributed by atoms with Crippen LogP contribution < -0.4 is 0 Å². The van der Waals surface area contributed by atoms with Crippen LogP contribution in [0.15, 0.2) is 42.7 Å². The van der Waals surface area contributed by atoms with Gasteiger partial charge in [-0.1, -0.05) is 49.4 Å². The fourth-order valence-electron chi connectivity index (χ4n) is 2.20. The first-order valence-electron chi connectivity index (χ1n) is 7.50. The summed E-state index contributed by atoms with van der Waals surface area (Å²) in [6.07, 6.45) is 4.08. The Labute approximate surface area is 127 Å². The van der Waals surface area contributed by atoms with Crippen molar-refractivity contribution in [3.8, 4) is 0 Å². The summed E-state index contributed by atoms with van der Waals surface area (Å²) in [6.45, 7) is 7.82. The minimum absolute atomic E-state index is 0.265. The number of aromatic amines is 1. The van der Waals surface area contributed by atoms with Crippen molar-refractivity contribution in [3.05, 3.63) is 48.3 Å². The number of likely N-dealkylation sites (N-methyl/N-ethyl adjacent to an activating group) is 1. The van der Waals surface area contributed by atoms with Crippen LogP contribution in [0.25, 0.3) is 0 Å². The lowest BCUT2D eigenvalue weighted by Gasteiger charge is -2.25. The first kappa shape index (κ1) is 17.3. The van der Waals surface area contributed by atoms with E-state index in [0.717, 1.165) is 26.1 Å². The lowest BCUT2D eigenvalue weighted by atomic mass is 9.95. The molecule has 5 nitrogen and oxygen atoms in total. The van der Waals surface area contributed by atoms with E-state index in [2.05, 4.69) is 58.4 Å². The molecule has 1 heterocycles. The normalized spacial score (nSPS) is 11.8. The zero-order chi connectivity index (χ0) is 15.3. The van der Waals surface area contributed by atoms with E-state index in [1.54, 1.807) is 12.4 Å². The summed E-state index contributed by atoms with van der Waals surface area (Å²) in [4.78, 5) is 2.41. The van der Waals surface area contributed by atoms with Crippen molar-refractivity contribution in [2.24, 2.45) is 0 Å². The van der Waals surface area contributed by atoms with Crippen LogP contribution in [-0.2, 0) is 0 Å². The summed E-state index contributed by atoms with van der Waals surface area (Å²) in [5.41, 5.74) is 1.34. The van der Waals surface area contributed by atoms with Gasteiger partial charge in [-0.3, -0.25) is 5.10 Å². The molecular weight excluding hydrogens is 264 g/mol. The highest BCUT2D eigenvalue weighted by atomic mass is 16.3. The Morgan fingerprint density at radius 1 is 1.19 bits per heavy atom. The van der Waals surface area contributed by atoms with Gasteiger partial charge in [0.1, 0.15) is 0 Å². The van der Waals surface area contributed by atoms with Crippen LogP contribution in [-0.4, -0.2) is 51.7 Å². The Kier molecular flexibility index (Phi) is 9.08. The Balaban J connectivity index is 0.000000369. The topological polar surface area (TPSA) is 65.0 Å². The van der Waals surface area contributed by atoms with E-state index in [1.165, 1.54) is 5.56 Å². The fourth-order valence-corrected chi connectivity index (χ4v) is 2.20. The molecule has 1 atom stereocenters. The van der Waals surface area contributed by atoms with Crippen LogP contribution in [0, 0.1) is 0 Å². The summed E-state index contributed by atoms with van der Waals surface area (Å²) in [5, 5.41) is 18.4. The molecule has 21 heavy (non-hydrogen) atoms. The van der Waals surface area contributed by atoms with Gasteiger partial charge in [-0.2, -0.15) is 0 Å². The van der Waals surface area contributed by atoms with Gasteiger partial charge in [-0.15, -0.1) is 5.10 Å². The molecule has 0 aliphatic carbocycles. The summed E-state index contributed by atoms with van der Waals surface area (Å²) in [6, 6.07) is 10.5. The number of nitrogens with one attached hydrogen (secondary N) is 1. The zero-order valence-electron chi connectivity index (χ0n) is 12.9. The predicted octanol–water partition coefficient (Wildman–Crippen LogP) is 2.30. The van der Waals surface area contributed by atoms with Gasteiger partial charge in [-0.25, -0.2) is 0 Å². The van der Waals surface area contributed by atoms with E-state index >= 15 is 0 Å². The maximum atomic E-state index is 9.14. The second kappa shape index (κ2) is 11.0.